The van der Waals surface area contributed by atoms with Crippen molar-refractivity contribution in [1.82, 2.24) is 15.0 Å². The number of hydrogen-bond donors (Lipinski definition) is 0. The van der Waals surface area contributed by atoms with E-state index in [0.29, 0.717) is 11.9 Å². The van der Waals surface area contributed by atoms with Crippen molar-refractivity contribution in [2.24, 2.45) is 0 Å². The molecule has 0 saturated carbocycles. The van der Waals surface area contributed by atoms with Gasteiger partial charge in [0.25, 0.3) is 0 Å². The van der Waals surface area contributed by atoms with Gasteiger partial charge in [0, 0.05) is 45.1 Å². The lowest BCUT2D eigenvalue weighted by Gasteiger charge is -2.33. The Hall–Kier alpha value is -1.54. The van der Waals surface area contributed by atoms with Gasteiger partial charge < -0.3 is 9.42 Å². The summed E-state index contributed by atoms with van der Waals surface area (Å²) < 4.78 is 5.30. The minimum absolute atomic E-state index is 0.305. The van der Waals surface area contributed by atoms with Gasteiger partial charge in [-0.3, -0.25) is 4.90 Å². The Morgan fingerprint density at radius 1 is 1.33 bits per heavy atom. The molecule has 0 radical (unpaired) electrons. The van der Waals surface area contributed by atoms with Gasteiger partial charge >= 0.3 is 6.01 Å². The molecule has 0 aliphatic carbocycles. The Balaban J connectivity index is 1.87. The fourth-order valence-electron chi connectivity index (χ4n) is 1.97. The van der Waals surface area contributed by atoms with E-state index in [-0.39, 0.29) is 0 Å². The van der Waals surface area contributed by atoms with Gasteiger partial charge in [0.15, 0.2) is 5.82 Å². The molecule has 1 aromatic heterocycles. The van der Waals surface area contributed by atoms with Gasteiger partial charge in [-0.05, 0) is 0 Å². The standard InChI is InChI=1S/C13H20N4O/c1-4-5-6-16-7-9-17(10-8-16)13-14-12(11(2)3)15-18-13/h1,11H,5-10H2,2-3H3. The number of piperazine rings is 1. The molecule has 98 valence electrons. The highest BCUT2D eigenvalue weighted by Gasteiger charge is 2.21. The molecule has 0 aromatic carbocycles. The normalized spacial score (nSPS) is 17.1. The molecule has 1 fully saturated rings. The Kier molecular flexibility index (Phi) is 4.21. The molecule has 0 bridgehead atoms. The first kappa shape index (κ1) is 12.9. The summed E-state index contributed by atoms with van der Waals surface area (Å²) >= 11 is 0. The van der Waals surface area contributed by atoms with Crippen LogP contribution in [0.5, 0.6) is 0 Å². The summed E-state index contributed by atoms with van der Waals surface area (Å²) in [6.45, 7) is 8.95. The number of aromatic nitrogens is 2. The minimum atomic E-state index is 0.305. The van der Waals surface area contributed by atoms with E-state index < -0.39 is 0 Å². The fourth-order valence-corrected chi connectivity index (χ4v) is 1.97. The van der Waals surface area contributed by atoms with Crippen LogP contribution in [0.2, 0.25) is 0 Å². The van der Waals surface area contributed by atoms with Crippen LogP contribution in [0, 0.1) is 12.3 Å². The monoisotopic (exact) mass is 248 g/mol. The number of terminal acetylenes is 1. The van der Waals surface area contributed by atoms with Gasteiger partial charge in [-0.1, -0.05) is 19.0 Å². The Bertz CT molecular complexity index is 413. The van der Waals surface area contributed by atoms with Crippen molar-refractivity contribution < 1.29 is 4.52 Å². The lowest BCUT2D eigenvalue weighted by molar-refractivity contribution is 0.255. The third-order valence-electron chi connectivity index (χ3n) is 3.16. The third kappa shape index (κ3) is 3.02. The first-order chi connectivity index (χ1) is 8.70. The molecule has 0 unspecified atom stereocenters. The van der Waals surface area contributed by atoms with Crippen LogP contribution in [0.4, 0.5) is 6.01 Å². The maximum absolute atomic E-state index is 5.30. The van der Waals surface area contributed by atoms with Crippen LogP contribution >= 0.6 is 0 Å². The van der Waals surface area contributed by atoms with Crippen LogP contribution in [0.25, 0.3) is 0 Å². The SMILES string of the molecule is C#CCCN1CCN(c2nc(C(C)C)no2)CC1. The van der Waals surface area contributed by atoms with Crippen LogP contribution in [0.15, 0.2) is 4.52 Å². The molecule has 5 heteroatoms. The average molecular weight is 248 g/mol. The van der Waals surface area contributed by atoms with Crippen molar-refractivity contribution in [3.05, 3.63) is 5.82 Å². The molecule has 0 N–H and O–H groups in total. The topological polar surface area (TPSA) is 45.4 Å². The fraction of sp³-hybridized carbons (Fsp3) is 0.692. The lowest BCUT2D eigenvalue weighted by Crippen LogP contribution is -2.46. The van der Waals surface area contributed by atoms with E-state index >= 15 is 0 Å². The number of hydrogen-bond acceptors (Lipinski definition) is 5. The number of nitrogens with zero attached hydrogens (tertiary/aromatic N) is 4. The summed E-state index contributed by atoms with van der Waals surface area (Å²) in [5, 5.41) is 3.99. The summed E-state index contributed by atoms with van der Waals surface area (Å²) in [6, 6.07) is 0.648. The molecular weight excluding hydrogens is 228 g/mol. The van der Waals surface area contributed by atoms with Crippen molar-refractivity contribution in [2.75, 3.05) is 37.6 Å². The van der Waals surface area contributed by atoms with Gasteiger partial charge in [0.05, 0.1) is 0 Å². The molecule has 18 heavy (non-hydrogen) atoms. The molecule has 2 rings (SSSR count). The number of rotatable bonds is 4. The van der Waals surface area contributed by atoms with Crippen molar-refractivity contribution in [1.29, 1.82) is 0 Å². The van der Waals surface area contributed by atoms with E-state index in [2.05, 4.69) is 39.7 Å². The summed E-state index contributed by atoms with van der Waals surface area (Å²) in [6.07, 6.45) is 6.09. The molecule has 0 spiro atoms. The van der Waals surface area contributed by atoms with Crippen LogP contribution in [-0.4, -0.2) is 47.8 Å². The summed E-state index contributed by atoms with van der Waals surface area (Å²) in [5.41, 5.74) is 0. The first-order valence-corrected chi connectivity index (χ1v) is 6.45. The predicted molar refractivity (Wildman–Crippen MR) is 70.5 cm³/mol. The molecule has 5 nitrogen and oxygen atoms in total. The highest BCUT2D eigenvalue weighted by atomic mass is 16.5. The zero-order valence-electron chi connectivity index (χ0n) is 11.1. The second kappa shape index (κ2) is 5.87. The maximum Gasteiger partial charge on any atom is 0.324 e. The highest BCUT2D eigenvalue weighted by molar-refractivity contribution is 5.26. The molecule has 0 atom stereocenters. The van der Waals surface area contributed by atoms with E-state index in [0.717, 1.165) is 45.0 Å². The smallest absolute Gasteiger partial charge is 0.322 e. The number of anilines is 1. The van der Waals surface area contributed by atoms with Crippen molar-refractivity contribution in [3.8, 4) is 12.3 Å². The second-order valence-corrected chi connectivity index (χ2v) is 4.87. The molecule has 0 amide bonds. The second-order valence-electron chi connectivity index (χ2n) is 4.87. The van der Waals surface area contributed by atoms with E-state index in [1.807, 2.05) is 0 Å². The maximum atomic E-state index is 5.30. The largest absolute Gasteiger partial charge is 0.324 e. The van der Waals surface area contributed by atoms with Crippen molar-refractivity contribution in [2.45, 2.75) is 26.2 Å². The van der Waals surface area contributed by atoms with E-state index in [4.69, 9.17) is 10.9 Å². The molecule has 1 aromatic rings. The van der Waals surface area contributed by atoms with E-state index in [9.17, 15) is 0 Å². The van der Waals surface area contributed by atoms with Crippen LogP contribution in [-0.2, 0) is 0 Å². The van der Waals surface area contributed by atoms with Crippen molar-refractivity contribution in [3.63, 3.8) is 0 Å². The molecule has 1 aliphatic rings. The predicted octanol–water partition coefficient (Wildman–Crippen LogP) is 1.34. The summed E-state index contributed by atoms with van der Waals surface area (Å²) in [7, 11) is 0. The van der Waals surface area contributed by atoms with E-state index in [1.165, 1.54) is 0 Å². The summed E-state index contributed by atoms with van der Waals surface area (Å²) in [4.78, 5) is 8.93. The van der Waals surface area contributed by atoms with Gasteiger partial charge in [0.2, 0.25) is 0 Å². The van der Waals surface area contributed by atoms with E-state index in [1.54, 1.807) is 0 Å². The third-order valence-corrected chi connectivity index (χ3v) is 3.16. The molecular formula is C13H20N4O. The molecule has 1 saturated heterocycles. The average Bonchev–Trinajstić information content (AvgIpc) is 2.87. The zero-order valence-corrected chi connectivity index (χ0v) is 11.1. The Morgan fingerprint density at radius 2 is 2.06 bits per heavy atom. The first-order valence-electron chi connectivity index (χ1n) is 6.45. The summed E-state index contributed by atoms with van der Waals surface area (Å²) in [5.74, 6) is 3.76. The quantitative estimate of drug-likeness (QED) is 0.752. The van der Waals surface area contributed by atoms with Gasteiger partial charge in [-0.2, -0.15) is 4.98 Å². The van der Waals surface area contributed by atoms with Gasteiger partial charge in [0.1, 0.15) is 0 Å². The lowest BCUT2D eigenvalue weighted by atomic mass is 10.2. The zero-order chi connectivity index (χ0) is 13.0. The van der Waals surface area contributed by atoms with Crippen LogP contribution in [0.1, 0.15) is 32.0 Å². The highest BCUT2D eigenvalue weighted by Crippen LogP contribution is 2.17. The van der Waals surface area contributed by atoms with Gasteiger partial charge in [-0.15, -0.1) is 12.3 Å². The Labute approximate surface area is 108 Å². The minimum Gasteiger partial charge on any atom is -0.322 e. The van der Waals surface area contributed by atoms with Crippen LogP contribution in [0.3, 0.4) is 0 Å². The Morgan fingerprint density at radius 3 is 2.61 bits per heavy atom. The molecule has 2 heterocycles. The van der Waals surface area contributed by atoms with Crippen LogP contribution < -0.4 is 4.90 Å². The van der Waals surface area contributed by atoms with Gasteiger partial charge in [-0.25, -0.2) is 0 Å². The molecule has 1 aliphatic heterocycles. The van der Waals surface area contributed by atoms with Crippen molar-refractivity contribution >= 4 is 6.01 Å².